The van der Waals surface area contributed by atoms with Crippen molar-refractivity contribution in [3.63, 3.8) is 0 Å². The molecule has 9 heteroatoms. The number of amides is 1. The van der Waals surface area contributed by atoms with Crippen molar-refractivity contribution in [3.05, 3.63) is 33.5 Å². The van der Waals surface area contributed by atoms with E-state index >= 15 is 0 Å². The molecule has 1 saturated carbocycles. The van der Waals surface area contributed by atoms with Gasteiger partial charge in [0.05, 0.1) is 11.1 Å². The molecule has 8 nitrogen and oxygen atoms in total. The molecular weight excluding hydrogens is 382 g/mol. The first kappa shape index (κ1) is 22.1. The highest BCUT2D eigenvalue weighted by atomic mass is 35.5. The van der Waals surface area contributed by atoms with Crippen molar-refractivity contribution in [2.45, 2.75) is 71.5 Å². The molecule has 154 valence electrons. The van der Waals surface area contributed by atoms with Crippen molar-refractivity contribution in [2.75, 3.05) is 0 Å². The first-order valence-electron chi connectivity index (χ1n) is 9.35. The molecule has 2 aromatic heterocycles. The molecule has 1 aliphatic carbocycles. The van der Waals surface area contributed by atoms with E-state index in [9.17, 15) is 9.59 Å². The maximum atomic E-state index is 12.4. The SMILES string of the molecule is Cc1cc(=O)n(CC(=O)NC(C)C)c(C)c1-c1nc(C2(N)CCCC2)no1.Cl. The largest absolute Gasteiger partial charge is 0.352 e. The fourth-order valence-electron chi connectivity index (χ4n) is 3.71. The Bertz CT molecular complexity index is 913. The van der Waals surface area contributed by atoms with Gasteiger partial charge in [0.1, 0.15) is 6.54 Å². The molecule has 0 unspecified atom stereocenters. The van der Waals surface area contributed by atoms with Crippen LogP contribution in [0, 0.1) is 13.8 Å². The maximum absolute atomic E-state index is 12.4. The van der Waals surface area contributed by atoms with Crippen molar-refractivity contribution >= 4 is 18.3 Å². The summed E-state index contributed by atoms with van der Waals surface area (Å²) in [7, 11) is 0. The van der Waals surface area contributed by atoms with Crippen LogP contribution in [-0.4, -0.2) is 26.7 Å². The van der Waals surface area contributed by atoms with Crippen LogP contribution in [0.2, 0.25) is 0 Å². The molecule has 0 aromatic carbocycles. The quantitative estimate of drug-likeness (QED) is 0.781. The second kappa shape index (κ2) is 8.45. The van der Waals surface area contributed by atoms with Crippen molar-refractivity contribution < 1.29 is 9.32 Å². The minimum atomic E-state index is -0.546. The number of rotatable bonds is 5. The Balaban J connectivity index is 0.00000280. The Kier molecular flexibility index (Phi) is 6.67. The Morgan fingerprint density at radius 1 is 1.36 bits per heavy atom. The van der Waals surface area contributed by atoms with E-state index in [-0.39, 0.29) is 36.5 Å². The summed E-state index contributed by atoms with van der Waals surface area (Å²) in [6.45, 7) is 7.29. The predicted molar refractivity (Wildman–Crippen MR) is 108 cm³/mol. The Hall–Kier alpha value is -2.19. The second-order valence-electron chi connectivity index (χ2n) is 7.72. The van der Waals surface area contributed by atoms with E-state index in [1.165, 1.54) is 10.6 Å². The van der Waals surface area contributed by atoms with Gasteiger partial charge in [-0.1, -0.05) is 18.0 Å². The molecule has 1 amide bonds. The van der Waals surface area contributed by atoms with E-state index in [1.807, 2.05) is 20.8 Å². The molecule has 0 saturated heterocycles. The van der Waals surface area contributed by atoms with E-state index in [4.69, 9.17) is 10.3 Å². The highest BCUT2D eigenvalue weighted by Gasteiger charge is 2.36. The molecule has 1 aliphatic rings. The number of aromatic nitrogens is 3. The lowest BCUT2D eigenvalue weighted by Crippen LogP contribution is -2.37. The first-order valence-corrected chi connectivity index (χ1v) is 9.35. The molecule has 3 rings (SSSR count). The van der Waals surface area contributed by atoms with Gasteiger partial charge in [-0.2, -0.15) is 4.98 Å². The fourth-order valence-corrected chi connectivity index (χ4v) is 3.71. The number of nitrogens with zero attached hydrogens (tertiary/aromatic N) is 3. The lowest BCUT2D eigenvalue weighted by atomic mass is 9.98. The van der Waals surface area contributed by atoms with Gasteiger partial charge in [-0.15, -0.1) is 12.4 Å². The normalized spacial score (nSPS) is 15.5. The minimum Gasteiger partial charge on any atom is -0.352 e. The number of aryl methyl sites for hydroxylation is 1. The van der Waals surface area contributed by atoms with Crippen LogP contribution in [0.3, 0.4) is 0 Å². The van der Waals surface area contributed by atoms with Crippen LogP contribution < -0.4 is 16.6 Å². The summed E-state index contributed by atoms with van der Waals surface area (Å²) in [5.74, 6) is 0.613. The zero-order chi connectivity index (χ0) is 19.8. The van der Waals surface area contributed by atoms with Crippen molar-refractivity contribution in [1.82, 2.24) is 20.0 Å². The molecule has 2 aromatic rings. The second-order valence-corrected chi connectivity index (χ2v) is 7.72. The van der Waals surface area contributed by atoms with Gasteiger partial charge in [-0.25, -0.2) is 0 Å². The third kappa shape index (κ3) is 4.28. The number of halogens is 1. The number of carbonyl (C=O) groups excluding carboxylic acids is 1. The number of pyridine rings is 1. The van der Waals surface area contributed by atoms with Crippen LogP contribution in [0.25, 0.3) is 11.5 Å². The van der Waals surface area contributed by atoms with Crippen LogP contribution in [0.15, 0.2) is 15.4 Å². The smallest absolute Gasteiger partial charge is 0.260 e. The molecule has 3 N–H and O–H groups in total. The summed E-state index contributed by atoms with van der Waals surface area (Å²) in [4.78, 5) is 29.1. The van der Waals surface area contributed by atoms with Crippen molar-refractivity contribution in [3.8, 4) is 11.5 Å². The molecule has 0 radical (unpaired) electrons. The average molecular weight is 410 g/mol. The standard InChI is InChI=1S/C19H27N5O3.ClH/c1-11(2)21-14(25)10-24-13(4)16(12(3)9-15(24)26)17-22-18(23-27-17)19(20)7-5-6-8-19;/h9,11H,5-8,10,20H2,1-4H3,(H,21,25);1H. The summed E-state index contributed by atoms with van der Waals surface area (Å²) in [6, 6.07) is 1.49. The van der Waals surface area contributed by atoms with Crippen LogP contribution in [0.5, 0.6) is 0 Å². The van der Waals surface area contributed by atoms with Gasteiger partial charge in [-0.05, 0) is 46.1 Å². The van der Waals surface area contributed by atoms with Gasteiger partial charge in [0.15, 0.2) is 5.82 Å². The number of hydrogen-bond acceptors (Lipinski definition) is 6. The lowest BCUT2D eigenvalue weighted by Gasteiger charge is -2.18. The topological polar surface area (TPSA) is 116 Å². The van der Waals surface area contributed by atoms with Crippen LogP contribution in [0.1, 0.15) is 56.6 Å². The fraction of sp³-hybridized carbons (Fsp3) is 0.579. The number of nitrogens with one attached hydrogen (secondary N) is 1. The molecule has 28 heavy (non-hydrogen) atoms. The summed E-state index contributed by atoms with van der Waals surface area (Å²) in [5, 5.41) is 6.90. The highest BCUT2D eigenvalue weighted by Crippen LogP contribution is 2.36. The number of nitrogens with two attached hydrogens (primary N) is 1. The van der Waals surface area contributed by atoms with E-state index < -0.39 is 5.54 Å². The van der Waals surface area contributed by atoms with E-state index in [1.54, 1.807) is 6.92 Å². The third-order valence-corrected chi connectivity index (χ3v) is 5.10. The number of hydrogen-bond donors (Lipinski definition) is 2. The van der Waals surface area contributed by atoms with Gasteiger partial charge in [0.2, 0.25) is 5.91 Å². The van der Waals surface area contributed by atoms with E-state index in [2.05, 4.69) is 15.5 Å². The van der Waals surface area contributed by atoms with Gasteiger partial charge in [0.25, 0.3) is 11.4 Å². The van der Waals surface area contributed by atoms with Gasteiger partial charge in [0, 0.05) is 17.8 Å². The molecule has 2 heterocycles. The Morgan fingerprint density at radius 3 is 2.61 bits per heavy atom. The lowest BCUT2D eigenvalue weighted by molar-refractivity contribution is -0.122. The molecule has 0 atom stereocenters. The summed E-state index contributed by atoms with van der Waals surface area (Å²) in [5.41, 5.74) is 7.66. The van der Waals surface area contributed by atoms with Gasteiger partial charge < -0.3 is 20.1 Å². The van der Waals surface area contributed by atoms with Crippen molar-refractivity contribution in [1.29, 1.82) is 0 Å². The minimum absolute atomic E-state index is 0. The van der Waals surface area contributed by atoms with Crippen LogP contribution >= 0.6 is 12.4 Å². The molecular formula is C19H28ClN5O3. The Labute approximate surface area is 170 Å². The molecule has 0 spiro atoms. The average Bonchev–Trinajstić information content (AvgIpc) is 3.21. The third-order valence-electron chi connectivity index (χ3n) is 5.10. The maximum Gasteiger partial charge on any atom is 0.260 e. The van der Waals surface area contributed by atoms with Crippen LogP contribution in [-0.2, 0) is 16.9 Å². The number of carbonyl (C=O) groups is 1. The summed E-state index contributed by atoms with van der Waals surface area (Å²) >= 11 is 0. The molecule has 0 aliphatic heterocycles. The summed E-state index contributed by atoms with van der Waals surface area (Å²) in [6.07, 6.45) is 3.76. The monoisotopic (exact) mass is 409 g/mol. The summed E-state index contributed by atoms with van der Waals surface area (Å²) < 4.78 is 6.93. The van der Waals surface area contributed by atoms with E-state index in [0.717, 1.165) is 31.2 Å². The first-order chi connectivity index (χ1) is 12.7. The van der Waals surface area contributed by atoms with Crippen molar-refractivity contribution in [2.24, 2.45) is 5.73 Å². The predicted octanol–water partition coefficient (Wildman–Crippen LogP) is 2.19. The van der Waals surface area contributed by atoms with Gasteiger partial charge in [-0.3, -0.25) is 9.59 Å². The molecule has 0 bridgehead atoms. The zero-order valence-electron chi connectivity index (χ0n) is 16.7. The molecule has 1 fully saturated rings. The zero-order valence-corrected chi connectivity index (χ0v) is 17.6. The van der Waals surface area contributed by atoms with Crippen LogP contribution in [0.4, 0.5) is 0 Å². The van der Waals surface area contributed by atoms with E-state index in [0.29, 0.717) is 23.0 Å². The van der Waals surface area contributed by atoms with Gasteiger partial charge >= 0.3 is 0 Å². The Morgan fingerprint density at radius 2 is 2.00 bits per heavy atom. The highest BCUT2D eigenvalue weighted by molar-refractivity contribution is 5.85.